The Balaban J connectivity index is 1.42. The minimum atomic E-state index is -0.288. The number of carbonyl (C=O) groups excluding carboxylic acids is 2. The summed E-state index contributed by atoms with van der Waals surface area (Å²) in [4.78, 5) is 41.6. The molecular weight excluding hydrogens is 354 g/mol. The van der Waals surface area contributed by atoms with Crippen LogP contribution in [-0.4, -0.2) is 64.5 Å². The van der Waals surface area contributed by atoms with Gasteiger partial charge in [0.2, 0.25) is 11.9 Å². The molecule has 0 bridgehead atoms. The quantitative estimate of drug-likeness (QED) is 0.827. The first-order chi connectivity index (χ1) is 12.5. The van der Waals surface area contributed by atoms with Crippen molar-refractivity contribution in [2.24, 2.45) is 0 Å². The van der Waals surface area contributed by atoms with Crippen molar-refractivity contribution in [3.63, 3.8) is 0 Å². The van der Waals surface area contributed by atoms with Gasteiger partial charge in [0.05, 0.1) is 12.2 Å². The molecule has 10 heteroatoms. The maximum absolute atomic E-state index is 12.2. The van der Waals surface area contributed by atoms with Gasteiger partial charge in [-0.1, -0.05) is 0 Å². The van der Waals surface area contributed by atoms with E-state index in [1.54, 1.807) is 23.4 Å². The standard InChI is InChI=1S/C16H21N7O2S/c1-11-12(2)26-15(20-11)21-13(24)10-19-16(25)23-8-6-22(7-9-23)14-17-4-3-5-18-14/h3-5H,6-10H2,1-2H3,(H,19,25)(H,20,21,24). The van der Waals surface area contributed by atoms with Crippen LogP contribution in [0.4, 0.5) is 15.9 Å². The number of nitrogens with one attached hydrogen (secondary N) is 2. The number of urea groups is 1. The lowest BCUT2D eigenvalue weighted by Crippen LogP contribution is -2.53. The van der Waals surface area contributed by atoms with Crippen LogP contribution in [-0.2, 0) is 4.79 Å². The van der Waals surface area contributed by atoms with Crippen LogP contribution in [0.25, 0.3) is 0 Å². The summed E-state index contributed by atoms with van der Waals surface area (Å²) in [6.07, 6.45) is 3.40. The summed E-state index contributed by atoms with van der Waals surface area (Å²) in [6, 6.07) is 1.52. The number of hydrogen-bond donors (Lipinski definition) is 2. The van der Waals surface area contributed by atoms with Crippen molar-refractivity contribution in [1.29, 1.82) is 0 Å². The monoisotopic (exact) mass is 375 g/mol. The number of piperazine rings is 1. The highest BCUT2D eigenvalue weighted by Crippen LogP contribution is 2.20. The topological polar surface area (TPSA) is 103 Å². The number of aromatic nitrogens is 3. The van der Waals surface area contributed by atoms with E-state index >= 15 is 0 Å². The Kier molecular flexibility index (Phi) is 5.61. The summed E-state index contributed by atoms with van der Waals surface area (Å²) in [6.45, 7) is 6.17. The van der Waals surface area contributed by atoms with Gasteiger partial charge in [-0.05, 0) is 19.9 Å². The first-order valence-corrected chi connectivity index (χ1v) is 9.13. The molecule has 2 N–H and O–H groups in total. The van der Waals surface area contributed by atoms with Crippen molar-refractivity contribution in [3.05, 3.63) is 29.0 Å². The highest BCUT2D eigenvalue weighted by molar-refractivity contribution is 7.15. The average Bonchev–Trinajstić information content (AvgIpc) is 2.97. The van der Waals surface area contributed by atoms with Crippen LogP contribution in [0.2, 0.25) is 0 Å². The molecule has 0 radical (unpaired) electrons. The number of carbonyl (C=O) groups is 2. The summed E-state index contributed by atoms with van der Waals surface area (Å²) in [5.74, 6) is 0.379. The van der Waals surface area contributed by atoms with Gasteiger partial charge in [0.1, 0.15) is 0 Å². The molecule has 26 heavy (non-hydrogen) atoms. The Morgan fingerprint density at radius 2 is 1.85 bits per heavy atom. The lowest BCUT2D eigenvalue weighted by molar-refractivity contribution is -0.115. The van der Waals surface area contributed by atoms with Crippen LogP contribution < -0.4 is 15.5 Å². The third kappa shape index (κ3) is 4.45. The van der Waals surface area contributed by atoms with Crippen molar-refractivity contribution in [2.45, 2.75) is 13.8 Å². The molecule has 2 aromatic heterocycles. The molecule has 1 fully saturated rings. The Morgan fingerprint density at radius 1 is 1.15 bits per heavy atom. The Bertz CT molecular complexity index is 753. The summed E-state index contributed by atoms with van der Waals surface area (Å²) in [5, 5.41) is 5.90. The van der Waals surface area contributed by atoms with E-state index in [2.05, 4.69) is 25.6 Å². The van der Waals surface area contributed by atoms with Gasteiger partial charge in [-0.2, -0.15) is 0 Å². The van der Waals surface area contributed by atoms with Crippen LogP contribution in [0.15, 0.2) is 18.5 Å². The molecule has 1 saturated heterocycles. The fourth-order valence-electron chi connectivity index (χ4n) is 2.52. The van der Waals surface area contributed by atoms with Crippen LogP contribution in [0.1, 0.15) is 10.6 Å². The van der Waals surface area contributed by atoms with Gasteiger partial charge >= 0.3 is 6.03 Å². The first-order valence-electron chi connectivity index (χ1n) is 8.31. The number of thiazole rings is 1. The molecule has 2 aromatic rings. The van der Waals surface area contributed by atoms with E-state index in [1.807, 2.05) is 18.7 Å². The Labute approximate surface area is 155 Å². The second-order valence-electron chi connectivity index (χ2n) is 5.89. The summed E-state index contributed by atoms with van der Waals surface area (Å²) in [7, 11) is 0. The van der Waals surface area contributed by atoms with Crippen molar-refractivity contribution >= 4 is 34.4 Å². The molecule has 0 unspecified atom stereocenters. The molecule has 0 atom stereocenters. The van der Waals surface area contributed by atoms with E-state index < -0.39 is 0 Å². The smallest absolute Gasteiger partial charge is 0.317 e. The summed E-state index contributed by atoms with van der Waals surface area (Å²) >= 11 is 1.42. The minimum Gasteiger partial charge on any atom is -0.337 e. The van der Waals surface area contributed by atoms with Crippen molar-refractivity contribution < 1.29 is 9.59 Å². The van der Waals surface area contributed by atoms with E-state index in [1.165, 1.54) is 11.3 Å². The van der Waals surface area contributed by atoms with Gasteiger partial charge in [-0.15, -0.1) is 11.3 Å². The predicted molar refractivity (Wildman–Crippen MR) is 99.4 cm³/mol. The number of amides is 3. The third-order valence-corrected chi connectivity index (χ3v) is 5.07. The highest BCUT2D eigenvalue weighted by atomic mass is 32.1. The van der Waals surface area contributed by atoms with Crippen molar-refractivity contribution in [2.75, 3.05) is 42.9 Å². The normalized spacial score (nSPS) is 14.2. The van der Waals surface area contributed by atoms with Crippen LogP contribution in [0, 0.1) is 13.8 Å². The fourth-order valence-corrected chi connectivity index (χ4v) is 3.35. The SMILES string of the molecule is Cc1nc(NC(=O)CNC(=O)N2CCN(c3ncccn3)CC2)sc1C. The van der Waals surface area contributed by atoms with E-state index in [0.29, 0.717) is 37.3 Å². The molecule has 0 spiro atoms. The van der Waals surface area contributed by atoms with Crippen LogP contribution >= 0.6 is 11.3 Å². The molecular formula is C16H21N7O2S. The summed E-state index contributed by atoms with van der Waals surface area (Å²) < 4.78 is 0. The Hall–Kier alpha value is -2.75. The molecule has 0 aromatic carbocycles. The van der Waals surface area contributed by atoms with E-state index in [0.717, 1.165) is 10.6 Å². The van der Waals surface area contributed by atoms with E-state index in [9.17, 15) is 9.59 Å². The first kappa shape index (κ1) is 18.1. The maximum atomic E-state index is 12.2. The van der Waals surface area contributed by atoms with Crippen LogP contribution in [0.3, 0.4) is 0 Å². The van der Waals surface area contributed by atoms with E-state index in [4.69, 9.17) is 0 Å². The lowest BCUT2D eigenvalue weighted by atomic mass is 10.3. The van der Waals surface area contributed by atoms with Gasteiger partial charge in [0.15, 0.2) is 5.13 Å². The zero-order chi connectivity index (χ0) is 18.5. The molecule has 3 amide bonds. The molecule has 3 rings (SSSR count). The zero-order valence-electron chi connectivity index (χ0n) is 14.7. The fraction of sp³-hybridized carbons (Fsp3) is 0.438. The highest BCUT2D eigenvalue weighted by Gasteiger charge is 2.22. The second-order valence-corrected chi connectivity index (χ2v) is 7.09. The molecule has 138 valence electrons. The zero-order valence-corrected chi connectivity index (χ0v) is 15.5. The van der Waals surface area contributed by atoms with Crippen molar-refractivity contribution in [1.82, 2.24) is 25.2 Å². The minimum absolute atomic E-state index is 0.0848. The maximum Gasteiger partial charge on any atom is 0.317 e. The van der Waals surface area contributed by atoms with Gasteiger partial charge in [0, 0.05) is 43.4 Å². The largest absolute Gasteiger partial charge is 0.337 e. The Morgan fingerprint density at radius 3 is 2.46 bits per heavy atom. The van der Waals surface area contributed by atoms with Crippen LogP contribution in [0.5, 0.6) is 0 Å². The number of aryl methyl sites for hydroxylation is 2. The molecule has 0 saturated carbocycles. The molecule has 1 aliphatic rings. The number of anilines is 2. The van der Waals surface area contributed by atoms with Gasteiger partial charge in [0.25, 0.3) is 0 Å². The predicted octanol–water partition coefficient (Wildman–Crippen LogP) is 1.02. The van der Waals surface area contributed by atoms with Crippen molar-refractivity contribution in [3.8, 4) is 0 Å². The van der Waals surface area contributed by atoms with E-state index in [-0.39, 0.29) is 18.5 Å². The molecule has 0 aliphatic carbocycles. The second kappa shape index (κ2) is 8.09. The third-order valence-electron chi connectivity index (χ3n) is 4.08. The average molecular weight is 375 g/mol. The number of rotatable bonds is 4. The van der Waals surface area contributed by atoms with Gasteiger partial charge in [-0.3, -0.25) is 4.79 Å². The number of hydrogen-bond acceptors (Lipinski definition) is 7. The molecule has 9 nitrogen and oxygen atoms in total. The van der Waals surface area contributed by atoms with Gasteiger partial charge in [-0.25, -0.2) is 19.7 Å². The summed E-state index contributed by atoms with van der Waals surface area (Å²) in [5.41, 5.74) is 0.898. The number of nitrogens with zero attached hydrogens (tertiary/aromatic N) is 5. The molecule has 3 heterocycles. The van der Waals surface area contributed by atoms with Gasteiger partial charge < -0.3 is 20.4 Å². The molecule has 1 aliphatic heterocycles. The lowest BCUT2D eigenvalue weighted by Gasteiger charge is -2.34.